The number of methoxy groups -OCH3 is 1. The Labute approximate surface area is 134 Å². The summed E-state index contributed by atoms with van der Waals surface area (Å²) in [5.74, 6) is 1.25. The molecule has 1 aliphatic heterocycles. The Balaban J connectivity index is 1.65. The minimum atomic E-state index is -0.431. The van der Waals surface area contributed by atoms with Gasteiger partial charge in [-0.05, 0) is 25.1 Å². The van der Waals surface area contributed by atoms with Gasteiger partial charge in [0.1, 0.15) is 17.3 Å². The van der Waals surface area contributed by atoms with Crippen LogP contribution >= 0.6 is 0 Å². The van der Waals surface area contributed by atoms with Crippen molar-refractivity contribution in [3.63, 3.8) is 0 Å². The number of ether oxygens (including phenoxy) is 1. The molecule has 0 bridgehead atoms. The van der Waals surface area contributed by atoms with Crippen molar-refractivity contribution in [1.29, 1.82) is 0 Å². The third-order valence-electron chi connectivity index (χ3n) is 4.26. The van der Waals surface area contributed by atoms with Crippen LogP contribution in [-0.4, -0.2) is 41.5 Å². The Morgan fingerprint density at radius 2 is 2.22 bits per heavy atom. The van der Waals surface area contributed by atoms with Crippen LogP contribution in [0.25, 0.3) is 0 Å². The number of β-amino-alcohol motifs (C(OH)–C–C–N with tert-alkyl or cyclic N) is 1. The molecule has 3 rings (SSSR count). The highest BCUT2D eigenvalue weighted by Gasteiger charge is 2.32. The van der Waals surface area contributed by atoms with Crippen molar-refractivity contribution in [1.82, 2.24) is 10.1 Å². The molecule has 2 atom stereocenters. The highest BCUT2D eigenvalue weighted by atomic mass is 19.1. The van der Waals surface area contributed by atoms with Crippen LogP contribution in [0.5, 0.6) is 5.75 Å². The number of likely N-dealkylation sites (tertiary alicyclic amines) is 1. The standard InChI is InChI=1S/C17H21FN2O3/c1-11-5-15(23-19-11)7-12-8-20(10-16(12)21)9-13-6-14(18)3-4-17(13)22-2/h3-6,12,16,21H,7-10H2,1-2H3/t12-,16+/m1/s1. The fourth-order valence-corrected chi connectivity index (χ4v) is 3.15. The van der Waals surface area contributed by atoms with Crippen molar-refractivity contribution >= 4 is 0 Å². The lowest BCUT2D eigenvalue weighted by Crippen LogP contribution is -2.21. The van der Waals surface area contributed by atoms with Gasteiger partial charge in [0.25, 0.3) is 0 Å². The third kappa shape index (κ3) is 3.71. The van der Waals surface area contributed by atoms with Crippen LogP contribution in [0, 0.1) is 18.7 Å². The topological polar surface area (TPSA) is 58.7 Å². The molecule has 1 fully saturated rings. The van der Waals surface area contributed by atoms with Gasteiger partial charge in [-0.25, -0.2) is 4.39 Å². The maximum absolute atomic E-state index is 13.5. The van der Waals surface area contributed by atoms with E-state index in [1.165, 1.54) is 12.1 Å². The number of hydrogen-bond donors (Lipinski definition) is 1. The van der Waals surface area contributed by atoms with Gasteiger partial charge in [-0.15, -0.1) is 0 Å². The Morgan fingerprint density at radius 3 is 2.91 bits per heavy atom. The van der Waals surface area contributed by atoms with Crippen molar-refractivity contribution in [3.05, 3.63) is 47.1 Å². The zero-order chi connectivity index (χ0) is 16.4. The number of aromatic nitrogens is 1. The molecule has 0 radical (unpaired) electrons. The van der Waals surface area contributed by atoms with Crippen LogP contribution in [0.2, 0.25) is 0 Å². The van der Waals surface area contributed by atoms with Gasteiger partial charge in [-0.3, -0.25) is 4.90 Å². The van der Waals surface area contributed by atoms with Crippen molar-refractivity contribution in [2.24, 2.45) is 5.92 Å². The monoisotopic (exact) mass is 320 g/mol. The van der Waals surface area contributed by atoms with E-state index in [4.69, 9.17) is 9.26 Å². The van der Waals surface area contributed by atoms with E-state index in [1.807, 2.05) is 13.0 Å². The van der Waals surface area contributed by atoms with Crippen molar-refractivity contribution in [2.75, 3.05) is 20.2 Å². The first kappa shape index (κ1) is 16.0. The summed E-state index contributed by atoms with van der Waals surface area (Å²) >= 11 is 0. The number of benzene rings is 1. The van der Waals surface area contributed by atoms with E-state index in [0.29, 0.717) is 25.3 Å². The lowest BCUT2D eigenvalue weighted by Gasteiger charge is -2.17. The Kier molecular flexibility index (Phi) is 4.63. The lowest BCUT2D eigenvalue weighted by molar-refractivity contribution is 0.137. The fourth-order valence-electron chi connectivity index (χ4n) is 3.15. The molecule has 1 N–H and O–H groups in total. The molecule has 0 amide bonds. The SMILES string of the molecule is COc1ccc(F)cc1CN1C[C@@H](Cc2cc(C)no2)[C@@H](O)C1. The summed E-state index contributed by atoms with van der Waals surface area (Å²) in [5, 5.41) is 14.2. The lowest BCUT2D eigenvalue weighted by atomic mass is 10.0. The second-order valence-corrected chi connectivity index (χ2v) is 6.12. The van der Waals surface area contributed by atoms with Gasteiger partial charge in [0.15, 0.2) is 0 Å². The molecule has 1 aliphatic rings. The van der Waals surface area contributed by atoms with E-state index < -0.39 is 6.10 Å². The van der Waals surface area contributed by atoms with Gasteiger partial charge in [0.05, 0.1) is 18.9 Å². The van der Waals surface area contributed by atoms with Crippen LogP contribution in [-0.2, 0) is 13.0 Å². The highest BCUT2D eigenvalue weighted by Crippen LogP contribution is 2.26. The first-order valence-corrected chi connectivity index (χ1v) is 7.70. The number of aliphatic hydroxyl groups is 1. The maximum atomic E-state index is 13.5. The number of halogens is 1. The van der Waals surface area contributed by atoms with Gasteiger partial charge in [0.2, 0.25) is 0 Å². The number of rotatable bonds is 5. The van der Waals surface area contributed by atoms with Crippen LogP contribution in [0.4, 0.5) is 4.39 Å². The van der Waals surface area contributed by atoms with E-state index >= 15 is 0 Å². The molecule has 1 saturated heterocycles. The Morgan fingerprint density at radius 1 is 1.39 bits per heavy atom. The molecule has 5 nitrogen and oxygen atoms in total. The molecule has 1 aromatic heterocycles. The molecule has 0 saturated carbocycles. The maximum Gasteiger partial charge on any atom is 0.137 e. The first-order chi connectivity index (χ1) is 11.0. The predicted molar refractivity (Wildman–Crippen MR) is 82.7 cm³/mol. The second kappa shape index (κ2) is 6.68. The average molecular weight is 320 g/mol. The van der Waals surface area contributed by atoms with Gasteiger partial charge in [-0.2, -0.15) is 0 Å². The predicted octanol–water partition coefficient (Wildman–Crippen LogP) is 2.17. The molecular weight excluding hydrogens is 299 g/mol. The van der Waals surface area contributed by atoms with Crippen molar-refractivity contribution < 1.29 is 18.8 Å². The molecule has 2 aromatic rings. The molecular formula is C17H21FN2O3. The molecule has 2 heterocycles. The molecule has 0 unspecified atom stereocenters. The summed E-state index contributed by atoms with van der Waals surface area (Å²) < 4.78 is 24.0. The smallest absolute Gasteiger partial charge is 0.137 e. The van der Waals surface area contributed by atoms with Crippen LogP contribution in [0.3, 0.4) is 0 Å². The zero-order valence-corrected chi connectivity index (χ0v) is 13.3. The number of aliphatic hydroxyl groups excluding tert-OH is 1. The number of nitrogens with zero attached hydrogens (tertiary/aromatic N) is 2. The second-order valence-electron chi connectivity index (χ2n) is 6.12. The van der Waals surface area contributed by atoms with Gasteiger partial charge < -0.3 is 14.4 Å². The highest BCUT2D eigenvalue weighted by molar-refractivity contribution is 5.34. The van der Waals surface area contributed by atoms with Crippen molar-refractivity contribution in [2.45, 2.75) is 26.0 Å². The minimum absolute atomic E-state index is 0.0851. The van der Waals surface area contributed by atoms with Crippen LogP contribution in [0.1, 0.15) is 17.0 Å². The Hall–Kier alpha value is -1.92. The summed E-state index contributed by atoms with van der Waals surface area (Å²) in [6, 6.07) is 6.39. The zero-order valence-electron chi connectivity index (χ0n) is 13.3. The van der Waals surface area contributed by atoms with Crippen molar-refractivity contribution in [3.8, 4) is 5.75 Å². The number of aryl methyl sites for hydroxylation is 1. The number of hydrogen-bond acceptors (Lipinski definition) is 5. The van der Waals surface area contributed by atoms with Crippen LogP contribution < -0.4 is 4.74 Å². The molecule has 1 aromatic carbocycles. The molecule has 0 aliphatic carbocycles. The van der Waals surface area contributed by atoms with E-state index in [1.54, 1.807) is 13.2 Å². The van der Waals surface area contributed by atoms with Gasteiger partial charge in [-0.1, -0.05) is 5.16 Å². The Bertz CT molecular complexity index is 674. The summed E-state index contributed by atoms with van der Waals surface area (Å²) in [5.41, 5.74) is 1.63. The summed E-state index contributed by atoms with van der Waals surface area (Å²) in [6.07, 6.45) is 0.221. The van der Waals surface area contributed by atoms with Gasteiger partial charge >= 0.3 is 0 Å². The molecule has 23 heavy (non-hydrogen) atoms. The summed E-state index contributed by atoms with van der Waals surface area (Å²) in [4.78, 5) is 2.11. The molecule has 0 spiro atoms. The van der Waals surface area contributed by atoms with E-state index in [9.17, 15) is 9.50 Å². The minimum Gasteiger partial charge on any atom is -0.496 e. The quantitative estimate of drug-likeness (QED) is 0.915. The largest absolute Gasteiger partial charge is 0.496 e. The summed E-state index contributed by atoms with van der Waals surface area (Å²) in [7, 11) is 1.57. The summed E-state index contributed by atoms with van der Waals surface area (Å²) in [6.45, 7) is 3.70. The molecule has 6 heteroatoms. The first-order valence-electron chi connectivity index (χ1n) is 7.70. The van der Waals surface area contributed by atoms with Gasteiger partial charge in [0, 0.05) is 43.6 Å². The average Bonchev–Trinajstić information content (AvgIpc) is 3.06. The molecule has 124 valence electrons. The van der Waals surface area contributed by atoms with E-state index in [-0.39, 0.29) is 11.7 Å². The fraction of sp³-hybridized carbons (Fsp3) is 0.471. The normalized spacial score (nSPS) is 21.7. The van der Waals surface area contributed by atoms with Crippen LogP contribution in [0.15, 0.2) is 28.8 Å². The third-order valence-corrected chi connectivity index (χ3v) is 4.26. The van der Waals surface area contributed by atoms with E-state index in [2.05, 4.69) is 10.1 Å². The van der Waals surface area contributed by atoms with E-state index in [0.717, 1.165) is 23.6 Å².